The van der Waals surface area contributed by atoms with E-state index in [1.54, 1.807) is 0 Å². The van der Waals surface area contributed by atoms with Crippen molar-refractivity contribution in [2.75, 3.05) is 19.6 Å². The number of likely N-dealkylation sites (tertiary alicyclic amines) is 1. The number of nitrogens with zero attached hydrogens (tertiary/aromatic N) is 3. The Balaban J connectivity index is 0.00000242. The molecule has 1 aromatic heterocycles. The number of aromatic nitrogens is 2. The van der Waals surface area contributed by atoms with Crippen LogP contribution in [0.2, 0.25) is 0 Å². The lowest BCUT2D eigenvalue weighted by Gasteiger charge is -2.32. The largest absolute Gasteiger partial charge is 0.343 e. The lowest BCUT2D eigenvalue weighted by Crippen LogP contribution is -2.39. The van der Waals surface area contributed by atoms with Crippen LogP contribution in [0.25, 0.3) is 0 Å². The van der Waals surface area contributed by atoms with Gasteiger partial charge in [0.05, 0.1) is 16.7 Å². The van der Waals surface area contributed by atoms with E-state index in [2.05, 4.69) is 21.0 Å². The molecule has 1 aliphatic heterocycles. The molecule has 2 N–H and O–H groups in total. The first-order valence-corrected chi connectivity index (χ1v) is 8.67. The van der Waals surface area contributed by atoms with Gasteiger partial charge in [-0.2, -0.15) is 5.10 Å². The summed E-state index contributed by atoms with van der Waals surface area (Å²) in [5.41, 5.74) is 5.46. The van der Waals surface area contributed by atoms with E-state index in [9.17, 15) is 4.79 Å². The van der Waals surface area contributed by atoms with Crippen LogP contribution in [0.5, 0.6) is 0 Å². The molecule has 1 aromatic rings. The van der Waals surface area contributed by atoms with E-state index >= 15 is 0 Å². The van der Waals surface area contributed by atoms with Gasteiger partial charge in [-0.15, -0.1) is 12.4 Å². The molecular formula is C15H26BrClN4O. The van der Waals surface area contributed by atoms with Gasteiger partial charge < -0.3 is 10.6 Å². The quantitative estimate of drug-likeness (QED) is 0.724. The molecule has 0 unspecified atom stereocenters. The topological polar surface area (TPSA) is 64.2 Å². The van der Waals surface area contributed by atoms with Crippen LogP contribution in [0.15, 0.2) is 16.9 Å². The lowest BCUT2D eigenvalue weighted by molar-refractivity contribution is -0.132. The molecule has 0 saturated carbocycles. The number of unbranched alkanes of at least 4 members (excludes halogenated alkanes) is 3. The summed E-state index contributed by atoms with van der Waals surface area (Å²) in [6.07, 6.45) is 10.8. The number of hydrogen-bond donors (Lipinski definition) is 1. The number of amides is 1. The van der Waals surface area contributed by atoms with Crippen LogP contribution in [0.1, 0.15) is 51.0 Å². The van der Waals surface area contributed by atoms with Gasteiger partial charge in [0.25, 0.3) is 0 Å². The molecule has 0 spiro atoms. The maximum Gasteiger partial charge on any atom is 0.222 e. The maximum atomic E-state index is 12.1. The van der Waals surface area contributed by atoms with Gasteiger partial charge in [-0.25, -0.2) is 0 Å². The summed E-state index contributed by atoms with van der Waals surface area (Å²) in [7, 11) is 0. The van der Waals surface area contributed by atoms with Crippen LogP contribution in [-0.4, -0.2) is 40.2 Å². The standard InChI is InChI=1S/C15H25BrN4O.ClH/c16-13-11-18-20(12-13)14-6-9-19(10-7-14)15(21)5-3-1-2-4-8-17;/h11-12,14H,1-10,17H2;1H. The second kappa shape index (κ2) is 10.2. The number of rotatable bonds is 7. The fraction of sp³-hybridized carbons (Fsp3) is 0.733. The van der Waals surface area contributed by atoms with E-state index in [-0.39, 0.29) is 12.4 Å². The normalized spacial score (nSPS) is 15.6. The zero-order valence-corrected chi connectivity index (χ0v) is 15.3. The number of piperidine rings is 1. The van der Waals surface area contributed by atoms with E-state index in [1.165, 1.54) is 0 Å². The van der Waals surface area contributed by atoms with Gasteiger partial charge in [0.2, 0.25) is 5.91 Å². The van der Waals surface area contributed by atoms with Crippen LogP contribution < -0.4 is 5.73 Å². The minimum absolute atomic E-state index is 0. The number of carbonyl (C=O) groups excluding carboxylic acids is 1. The third-order valence-electron chi connectivity index (χ3n) is 4.11. The van der Waals surface area contributed by atoms with Crippen LogP contribution >= 0.6 is 28.3 Å². The highest BCUT2D eigenvalue weighted by Gasteiger charge is 2.23. The summed E-state index contributed by atoms with van der Waals surface area (Å²) in [6, 6.07) is 0.421. The summed E-state index contributed by atoms with van der Waals surface area (Å²) in [4.78, 5) is 14.2. The second-order valence-corrected chi connectivity index (χ2v) is 6.62. The summed E-state index contributed by atoms with van der Waals surface area (Å²) < 4.78 is 3.03. The highest BCUT2D eigenvalue weighted by molar-refractivity contribution is 9.10. The third kappa shape index (κ3) is 5.89. The molecule has 0 bridgehead atoms. The Labute approximate surface area is 147 Å². The molecule has 0 atom stereocenters. The van der Waals surface area contributed by atoms with Gasteiger partial charge in [-0.1, -0.05) is 12.8 Å². The van der Waals surface area contributed by atoms with Crippen molar-refractivity contribution < 1.29 is 4.79 Å². The number of hydrogen-bond acceptors (Lipinski definition) is 3. The average Bonchev–Trinajstić information content (AvgIpc) is 2.93. The highest BCUT2D eigenvalue weighted by Crippen LogP contribution is 2.23. The molecule has 22 heavy (non-hydrogen) atoms. The summed E-state index contributed by atoms with van der Waals surface area (Å²) in [6.45, 7) is 2.46. The number of halogens is 2. The molecule has 2 heterocycles. The van der Waals surface area contributed by atoms with Gasteiger partial charge in [-0.05, 0) is 48.2 Å². The first-order chi connectivity index (χ1) is 10.2. The van der Waals surface area contributed by atoms with Gasteiger partial charge >= 0.3 is 0 Å². The van der Waals surface area contributed by atoms with Crippen molar-refractivity contribution >= 4 is 34.2 Å². The van der Waals surface area contributed by atoms with E-state index in [0.717, 1.165) is 62.6 Å². The zero-order valence-electron chi connectivity index (χ0n) is 12.9. The Morgan fingerprint density at radius 1 is 1.27 bits per heavy atom. The van der Waals surface area contributed by atoms with E-state index in [0.29, 0.717) is 18.4 Å². The van der Waals surface area contributed by atoms with Crippen molar-refractivity contribution in [3.8, 4) is 0 Å². The molecule has 2 rings (SSSR count). The van der Waals surface area contributed by atoms with Gasteiger partial charge in [0, 0.05) is 25.7 Å². The summed E-state index contributed by atoms with van der Waals surface area (Å²) in [5, 5.41) is 4.34. The molecule has 1 amide bonds. The molecule has 1 saturated heterocycles. The summed E-state index contributed by atoms with van der Waals surface area (Å²) in [5.74, 6) is 0.308. The van der Waals surface area contributed by atoms with Crippen molar-refractivity contribution in [2.24, 2.45) is 5.73 Å². The summed E-state index contributed by atoms with van der Waals surface area (Å²) >= 11 is 3.42. The van der Waals surface area contributed by atoms with Crippen molar-refractivity contribution in [3.05, 3.63) is 16.9 Å². The minimum atomic E-state index is 0. The SMILES string of the molecule is Cl.NCCCCCCC(=O)N1CCC(n2cc(Br)cn2)CC1. The predicted octanol–water partition coefficient (Wildman–Crippen LogP) is 3.14. The maximum absolute atomic E-state index is 12.1. The van der Waals surface area contributed by atoms with Crippen molar-refractivity contribution in [1.29, 1.82) is 0 Å². The molecule has 1 aliphatic rings. The average molecular weight is 394 g/mol. The Kier molecular flexibility index (Phi) is 9.05. The van der Waals surface area contributed by atoms with Crippen LogP contribution in [0.3, 0.4) is 0 Å². The van der Waals surface area contributed by atoms with E-state index < -0.39 is 0 Å². The van der Waals surface area contributed by atoms with Gasteiger partial charge in [-0.3, -0.25) is 9.48 Å². The van der Waals surface area contributed by atoms with Gasteiger partial charge in [0.1, 0.15) is 0 Å². The Bertz CT molecular complexity index is 447. The van der Waals surface area contributed by atoms with Crippen LogP contribution in [-0.2, 0) is 4.79 Å². The van der Waals surface area contributed by atoms with Crippen molar-refractivity contribution in [2.45, 2.75) is 51.0 Å². The number of nitrogens with two attached hydrogens (primary N) is 1. The van der Waals surface area contributed by atoms with E-state index in [4.69, 9.17) is 5.73 Å². The first kappa shape index (κ1) is 19.5. The molecule has 0 aliphatic carbocycles. The minimum Gasteiger partial charge on any atom is -0.343 e. The number of carbonyl (C=O) groups is 1. The molecule has 126 valence electrons. The van der Waals surface area contributed by atoms with Crippen molar-refractivity contribution in [1.82, 2.24) is 14.7 Å². The highest BCUT2D eigenvalue weighted by atomic mass is 79.9. The zero-order chi connectivity index (χ0) is 15.1. The molecule has 0 aromatic carbocycles. The molecular weight excluding hydrogens is 368 g/mol. The first-order valence-electron chi connectivity index (χ1n) is 7.88. The lowest BCUT2D eigenvalue weighted by atomic mass is 10.0. The fourth-order valence-electron chi connectivity index (χ4n) is 2.83. The van der Waals surface area contributed by atoms with E-state index in [1.807, 2.05) is 22.0 Å². The van der Waals surface area contributed by atoms with Crippen molar-refractivity contribution in [3.63, 3.8) is 0 Å². The monoisotopic (exact) mass is 392 g/mol. The van der Waals surface area contributed by atoms with Crippen LogP contribution in [0.4, 0.5) is 0 Å². The van der Waals surface area contributed by atoms with Gasteiger partial charge in [0.15, 0.2) is 0 Å². The predicted molar refractivity (Wildman–Crippen MR) is 94.2 cm³/mol. The fourth-order valence-corrected chi connectivity index (χ4v) is 3.13. The Morgan fingerprint density at radius 2 is 1.95 bits per heavy atom. The molecule has 5 nitrogen and oxygen atoms in total. The third-order valence-corrected chi connectivity index (χ3v) is 4.52. The van der Waals surface area contributed by atoms with Crippen LogP contribution in [0, 0.1) is 0 Å². The molecule has 1 fully saturated rings. The second-order valence-electron chi connectivity index (χ2n) is 5.70. The molecule has 7 heteroatoms. The smallest absolute Gasteiger partial charge is 0.222 e. The Hall–Kier alpha value is -0.590. The molecule has 0 radical (unpaired) electrons. The Morgan fingerprint density at radius 3 is 2.55 bits per heavy atom.